The smallest absolute Gasteiger partial charge is 0.248 e. The van der Waals surface area contributed by atoms with Crippen molar-refractivity contribution in [3.63, 3.8) is 0 Å². The number of hydrogen-bond acceptors (Lipinski definition) is 4. The highest BCUT2D eigenvalue weighted by atomic mass is 35.5. The van der Waals surface area contributed by atoms with Crippen molar-refractivity contribution in [1.29, 1.82) is 0 Å². The second-order valence-electron chi connectivity index (χ2n) is 4.23. The van der Waals surface area contributed by atoms with Crippen molar-refractivity contribution in [2.24, 2.45) is 0 Å². The minimum absolute atomic E-state index is 0.0693. The highest BCUT2D eigenvalue weighted by molar-refractivity contribution is 7.89. The normalized spacial score (nSPS) is 21.3. The van der Waals surface area contributed by atoms with Gasteiger partial charge in [-0.05, 0) is 31.5 Å². The lowest BCUT2D eigenvalue weighted by Gasteiger charge is -2.32. The van der Waals surface area contributed by atoms with Crippen LogP contribution in [0.2, 0.25) is 5.02 Å². The Morgan fingerprint density at radius 1 is 1.47 bits per heavy atom. The lowest BCUT2D eigenvalue weighted by Crippen LogP contribution is -2.44. The van der Waals surface area contributed by atoms with Gasteiger partial charge in [-0.2, -0.15) is 4.31 Å². The molecule has 1 unspecified atom stereocenters. The number of methoxy groups -OCH3 is 1. The van der Waals surface area contributed by atoms with Gasteiger partial charge in [0.25, 0.3) is 0 Å². The molecule has 2 rings (SSSR count). The summed E-state index contributed by atoms with van der Waals surface area (Å²) in [6.07, 6.45) is 0.189. The third-order valence-electron chi connectivity index (χ3n) is 3.00. The van der Waals surface area contributed by atoms with Crippen LogP contribution < -0.4 is 4.74 Å². The molecule has 0 N–H and O–H groups in total. The van der Waals surface area contributed by atoms with Gasteiger partial charge in [-0.1, -0.05) is 11.6 Å². The van der Waals surface area contributed by atoms with Crippen LogP contribution in [0.15, 0.2) is 23.1 Å². The minimum atomic E-state index is -3.68. The zero-order valence-electron chi connectivity index (χ0n) is 10.8. The highest BCUT2D eigenvalue weighted by Gasteiger charge is 2.33. The molecule has 1 fully saturated rings. The summed E-state index contributed by atoms with van der Waals surface area (Å²) in [4.78, 5) is 0.0693. The van der Waals surface area contributed by atoms with Crippen LogP contribution in [0.3, 0.4) is 0 Å². The van der Waals surface area contributed by atoms with E-state index in [-0.39, 0.29) is 10.6 Å². The van der Waals surface area contributed by atoms with E-state index < -0.39 is 16.3 Å². The topological polar surface area (TPSA) is 55.8 Å². The van der Waals surface area contributed by atoms with Gasteiger partial charge in [-0.3, -0.25) is 0 Å². The van der Waals surface area contributed by atoms with E-state index in [2.05, 4.69) is 0 Å². The Hall–Kier alpha value is -0.820. The van der Waals surface area contributed by atoms with Crippen LogP contribution in [0.4, 0.5) is 0 Å². The molecule has 1 heterocycles. The molecule has 0 radical (unpaired) electrons. The van der Waals surface area contributed by atoms with E-state index in [1.165, 1.54) is 17.5 Å². The molecule has 1 atom stereocenters. The predicted octanol–water partition coefficient (Wildman–Crippen LogP) is 2.11. The van der Waals surface area contributed by atoms with Gasteiger partial charge >= 0.3 is 0 Å². The molecule has 1 aliphatic rings. The fraction of sp³-hybridized carbons (Fsp3) is 0.500. The first-order valence-electron chi connectivity index (χ1n) is 5.94. The third-order valence-corrected chi connectivity index (χ3v) is 5.21. The number of rotatable bonds is 3. The van der Waals surface area contributed by atoms with Gasteiger partial charge < -0.3 is 9.47 Å². The maximum atomic E-state index is 12.6. The van der Waals surface area contributed by atoms with Gasteiger partial charge in [-0.15, -0.1) is 0 Å². The second kappa shape index (κ2) is 5.66. The Morgan fingerprint density at radius 3 is 2.84 bits per heavy atom. The Labute approximate surface area is 118 Å². The molecule has 1 aromatic carbocycles. The summed E-state index contributed by atoms with van der Waals surface area (Å²) in [5.74, 6) is 0.280. The molecule has 7 heteroatoms. The van der Waals surface area contributed by atoms with E-state index >= 15 is 0 Å². The molecule has 0 amide bonds. The van der Waals surface area contributed by atoms with Gasteiger partial charge in [0.2, 0.25) is 10.0 Å². The Bertz CT molecular complexity index is 561. The van der Waals surface area contributed by atoms with E-state index in [4.69, 9.17) is 21.1 Å². The van der Waals surface area contributed by atoms with E-state index in [9.17, 15) is 8.42 Å². The van der Waals surface area contributed by atoms with Crippen molar-refractivity contribution in [1.82, 2.24) is 4.31 Å². The molecular formula is C12H16ClNO4S. The summed E-state index contributed by atoms with van der Waals surface area (Å²) < 4.78 is 37.1. The largest absolute Gasteiger partial charge is 0.495 e. The number of ether oxygens (including phenoxy) is 2. The van der Waals surface area contributed by atoms with Crippen LogP contribution in [0.25, 0.3) is 0 Å². The summed E-state index contributed by atoms with van der Waals surface area (Å²) >= 11 is 5.89. The molecule has 1 saturated heterocycles. The van der Waals surface area contributed by atoms with Crippen molar-refractivity contribution in [2.75, 3.05) is 20.3 Å². The lowest BCUT2D eigenvalue weighted by molar-refractivity contribution is -0.0411. The number of hydrogen-bond donors (Lipinski definition) is 0. The Morgan fingerprint density at radius 2 is 2.21 bits per heavy atom. The third kappa shape index (κ3) is 2.86. The first-order valence-corrected chi connectivity index (χ1v) is 7.75. The average Bonchev–Trinajstić information content (AvgIpc) is 2.39. The fourth-order valence-corrected chi connectivity index (χ4v) is 4.03. The quantitative estimate of drug-likeness (QED) is 0.858. The van der Waals surface area contributed by atoms with Crippen LogP contribution in [0.1, 0.15) is 13.3 Å². The SMILES string of the molecule is COc1ccc(Cl)cc1S(=O)(=O)N1CCCOC1C. The molecule has 1 aliphatic heterocycles. The highest BCUT2D eigenvalue weighted by Crippen LogP contribution is 2.31. The molecule has 0 aromatic heterocycles. The lowest BCUT2D eigenvalue weighted by atomic mass is 10.3. The van der Waals surface area contributed by atoms with Crippen LogP contribution in [0, 0.1) is 0 Å². The van der Waals surface area contributed by atoms with Gasteiger partial charge in [0, 0.05) is 18.2 Å². The summed E-state index contributed by atoms with van der Waals surface area (Å²) in [7, 11) is -2.25. The maximum absolute atomic E-state index is 12.6. The van der Waals surface area contributed by atoms with Gasteiger partial charge in [0.15, 0.2) is 0 Å². The molecular weight excluding hydrogens is 290 g/mol. The van der Waals surface area contributed by atoms with Gasteiger partial charge in [0.05, 0.1) is 7.11 Å². The fourth-order valence-electron chi connectivity index (χ4n) is 2.03. The number of halogens is 1. The summed E-state index contributed by atoms with van der Waals surface area (Å²) in [5, 5.41) is 0.352. The van der Waals surface area contributed by atoms with Crippen molar-refractivity contribution in [3.05, 3.63) is 23.2 Å². The first kappa shape index (κ1) is 14.6. The summed E-state index contributed by atoms with van der Waals surface area (Å²) in [6, 6.07) is 4.54. The Kier molecular flexibility index (Phi) is 4.35. The summed E-state index contributed by atoms with van der Waals surface area (Å²) in [5.41, 5.74) is 0. The van der Waals surface area contributed by atoms with Crippen LogP contribution in [-0.4, -0.2) is 39.2 Å². The van der Waals surface area contributed by atoms with E-state index in [0.717, 1.165) is 0 Å². The van der Waals surface area contributed by atoms with Crippen molar-refractivity contribution < 1.29 is 17.9 Å². The first-order chi connectivity index (χ1) is 8.96. The summed E-state index contributed by atoms with van der Waals surface area (Å²) in [6.45, 7) is 2.72. The van der Waals surface area contributed by atoms with Gasteiger partial charge in [0.1, 0.15) is 16.9 Å². The molecule has 19 heavy (non-hydrogen) atoms. The van der Waals surface area contributed by atoms with E-state index in [1.54, 1.807) is 19.1 Å². The zero-order chi connectivity index (χ0) is 14.0. The molecule has 0 spiro atoms. The monoisotopic (exact) mass is 305 g/mol. The van der Waals surface area contributed by atoms with Crippen molar-refractivity contribution in [2.45, 2.75) is 24.5 Å². The molecule has 1 aromatic rings. The van der Waals surface area contributed by atoms with Crippen molar-refractivity contribution in [3.8, 4) is 5.75 Å². The Balaban J connectivity index is 2.46. The molecule has 0 saturated carbocycles. The second-order valence-corrected chi connectivity index (χ2v) is 6.53. The van der Waals surface area contributed by atoms with Crippen LogP contribution in [0.5, 0.6) is 5.75 Å². The molecule has 5 nitrogen and oxygen atoms in total. The predicted molar refractivity (Wildman–Crippen MR) is 71.9 cm³/mol. The molecule has 0 bridgehead atoms. The molecule has 106 valence electrons. The van der Waals surface area contributed by atoms with Crippen LogP contribution in [-0.2, 0) is 14.8 Å². The standard InChI is InChI=1S/C12H16ClNO4S/c1-9-14(6-3-7-18-9)19(15,16)12-8-10(13)4-5-11(12)17-2/h4-5,8-9H,3,6-7H2,1-2H3. The van der Waals surface area contributed by atoms with Crippen molar-refractivity contribution >= 4 is 21.6 Å². The number of sulfonamides is 1. The minimum Gasteiger partial charge on any atom is -0.495 e. The van der Waals surface area contributed by atoms with E-state index in [1.807, 2.05) is 0 Å². The van der Waals surface area contributed by atoms with Gasteiger partial charge in [-0.25, -0.2) is 8.42 Å². The maximum Gasteiger partial charge on any atom is 0.248 e. The number of nitrogens with zero attached hydrogens (tertiary/aromatic N) is 1. The molecule has 0 aliphatic carbocycles. The number of benzene rings is 1. The average molecular weight is 306 g/mol. The zero-order valence-corrected chi connectivity index (χ0v) is 12.4. The van der Waals surface area contributed by atoms with Crippen LogP contribution >= 0.6 is 11.6 Å². The van der Waals surface area contributed by atoms with E-state index in [0.29, 0.717) is 24.6 Å².